The lowest BCUT2D eigenvalue weighted by atomic mass is 9.91. The maximum Gasteiger partial charge on any atom is 0.0998 e. The number of para-hydroxylation sites is 1. The highest BCUT2D eigenvalue weighted by Gasteiger charge is 2.19. The van der Waals surface area contributed by atoms with Crippen molar-refractivity contribution in [2.45, 2.75) is 0 Å². The molecule has 6 heteroatoms. The van der Waals surface area contributed by atoms with Crippen molar-refractivity contribution in [2.24, 2.45) is 0 Å². The summed E-state index contributed by atoms with van der Waals surface area (Å²) in [5.41, 5.74) is 11.2. The molecule has 6 aromatic carbocycles. The molecule has 0 N–H and O–H groups in total. The summed E-state index contributed by atoms with van der Waals surface area (Å²) in [7, 11) is 0. The average molecular weight is 637 g/mol. The van der Waals surface area contributed by atoms with Gasteiger partial charge in [0.05, 0.1) is 63.2 Å². The molecule has 0 radical (unpaired) electrons. The molecule has 0 amide bonds. The van der Waals surface area contributed by atoms with Gasteiger partial charge in [0.25, 0.3) is 0 Å². The van der Waals surface area contributed by atoms with Gasteiger partial charge in [0.15, 0.2) is 0 Å². The highest BCUT2D eigenvalue weighted by molar-refractivity contribution is 6.11. The maximum atomic E-state index is 10.1. The fraction of sp³-hybridized carbons (Fsp3) is 0. The Morgan fingerprint density at radius 1 is 0.440 bits per heavy atom. The van der Waals surface area contributed by atoms with Crippen LogP contribution in [-0.4, -0.2) is 14.1 Å². The molecule has 0 aliphatic carbocycles. The molecule has 0 spiro atoms. The Kier molecular flexibility index (Phi) is 6.53. The summed E-state index contributed by atoms with van der Waals surface area (Å²) in [4.78, 5) is 4.53. The van der Waals surface area contributed by atoms with Crippen molar-refractivity contribution in [3.63, 3.8) is 0 Å². The van der Waals surface area contributed by atoms with E-state index in [1.54, 1.807) is 0 Å². The molecule has 0 aliphatic rings. The van der Waals surface area contributed by atoms with Crippen molar-refractivity contribution in [3.8, 4) is 51.8 Å². The molecule has 9 aromatic rings. The number of pyridine rings is 1. The fourth-order valence-corrected chi connectivity index (χ4v) is 7.33. The van der Waals surface area contributed by atoms with E-state index >= 15 is 0 Å². The van der Waals surface area contributed by atoms with E-state index in [0.29, 0.717) is 16.7 Å². The van der Waals surface area contributed by atoms with Crippen LogP contribution in [0.5, 0.6) is 0 Å². The van der Waals surface area contributed by atoms with Crippen LogP contribution < -0.4 is 0 Å². The predicted molar refractivity (Wildman–Crippen MR) is 198 cm³/mol. The topological polar surface area (TPSA) is 94.1 Å². The van der Waals surface area contributed by atoms with E-state index in [9.17, 15) is 15.8 Å². The summed E-state index contributed by atoms with van der Waals surface area (Å²) in [5, 5.41) is 33.7. The molecule has 0 saturated carbocycles. The van der Waals surface area contributed by atoms with Crippen LogP contribution in [0, 0.1) is 34.0 Å². The van der Waals surface area contributed by atoms with Crippen molar-refractivity contribution in [1.29, 1.82) is 15.8 Å². The minimum Gasteiger partial charge on any atom is -0.309 e. The summed E-state index contributed by atoms with van der Waals surface area (Å²) in [5.74, 6) is 0. The maximum absolute atomic E-state index is 10.1. The van der Waals surface area contributed by atoms with Gasteiger partial charge in [-0.3, -0.25) is 4.98 Å². The number of nitrogens with zero attached hydrogens (tertiary/aromatic N) is 6. The summed E-state index contributed by atoms with van der Waals surface area (Å²) >= 11 is 0. The monoisotopic (exact) mass is 636 g/mol. The molecule has 50 heavy (non-hydrogen) atoms. The van der Waals surface area contributed by atoms with Crippen LogP contribution in [0.3, 0.4) is 0 Å². The van der Waals surface area contributed by atoms with Crippen LogP contribution in [-0.2, 0) is 0 Å². The van der Waals surface area contributed by atoms with Gasteiger partial charge >= 0.3 is 0 Å². The first-order valence-electron chi connectivity index (χ1n) is 16.1. The molecular weight excluding hydrogens is 613 g/mol. The van der Waals surface area contributed by atoms with Crippen LogP contribution in [0.25, 0.3) is 77.2 Å². The second-order valence-electron chi connectivity index (χ2n) is 12.2. The van der Waals surface area contributed by atoms with Crippen LogP contribution in [0.15, 0.2) is 146 Å². The van der Waals surface area contributed by atoms with Gasteiger partial charge in [0, 0.05) is 44.7 Å². The van der Waals surface area contributed by atoms with Crippen molar-refractivity contribution < 1.29 is 0 Å². The van der Waals surface area contributed by atoms with Gasteiger partial charge in [-0.25, -0.2) is 0 Å². The zero-order chi connectivity index (χ0) is 33.8. The summed E-state index contributed by atoms with van der Waals surface area (Å²) in [6, 6.07) is 51.2. The van der Waals surface area contributed by atoms with E-state index < -0.39 is 0 Å². The smallest absolute Gasteiger partial charge is 0.0998 e. The second kappa shape index (κ2) is 11.4. The lowest BCUT2D eigenvalue weighted by Gasteiger charge is -2.17. The van der Waals surface area contributed by atoms with Crippen molar-refractivity contribution in [1.82, 2.24) is 14.1 Å². The highest BCUT2D eigenvalue weighted by atomic mass is 15.0. The van der Waals surface area contributed by atoms with E-state index in [0.717, 1.165) is 77.2 Å². The third-order valence-electron chi connectivity index (χ3n) is 9.49. The van der Waals surface area contributed by atoms with Gasteiger partial charge in [-0.05, 0) is 89.5 Å². The fourth-order valence-electron chi connectivity index (χ4n) is 7.33. The van der Waals surface area contributed by atoms with Crippen LogP contribution in [0.4, 0.5) is 0 Å². The minimum absolute atomic E-state index is 0.552. The van der Waals surface area contributed by atoms with Gasteiger partial charge in [0.1, 0.15) is 0 Å². The Bertz CT molecular complexity index is 2850. The molecule has 3 heterocycles. The first-order chi connectivity index (χ1) is 24.7. The van der Waals surface area contributed by atoms with Gasteiger partial charge in [-0.15, -0.1) is 0 Å². The Morgan fingerprint density at radius 2 is 1.00 bits per heavy atom. The molecule has 9 rings (SSSR count). The molecule has 0 saturated heterocycles. The average Bonchev–Trinajstić information content (AvgIpc) is 3.69. The van der Waals surface area contributed by atoms with E-state index in [-0.39, 0.29) is 0 Å². The first-order valence-corrected chi connectivity index (χ1v) is 16.1. The zero-order valence-corrected chi connectivity index (χ0v) is 26.5. The Morgan fingerprint density at radius 3 is 1.68 bits per heavy atom. The third kappa shape index (κ3) is 4.36. The summed E-state index contributed by atoms with van der Waals surface area (Å²) < 4.78 is 4.46. The standard InChI is InChI=1S/C44H24N6/c45-24-28-13-15-42-39(19-28)40-20-29(25-46)14-16-43(40)49(42)32-21-31(35-9-3-4-10-36(35)34-8-2-1-7-30(34)26-47)22-33(23-32)50-41-12-6-5-11-37(41)38-17-18-48-27-44(38)50/h1-23,27H. The first kappa shape index (κ1) is 28.7. The number of benzene rings is 6. The number of nitriles is 3. The summed E-state index contributed by atoms with van der Waals surface area (Å²) in [6.45, 7) is 0. The SMILES string of the molecule is N#Cc1ccc2c(c1)c1cc(C#N)ccc1n2-c1cc(-c2ccccc2-c2ccccc2C#N)cc(-n2c3ccccc3c3ccncc32)c1. The number of rotatable bonds is 4. The Balaban J connectivity index is 1.42. The molecule has 0 aliphatic heterocycles. The molecule has 0 unspecified atom stereocenters. The zero-order valence-electron chi connectivity index (χ0n) is 26.5. The van der Waals surface area contributed by atoms with Crippen LogP contribution in [0.2, 0.25) is 0 Å². The third-order valence-corrected chi connectivity index (χ3v) is 9.49. The number of fused-ring (bicyclic) bond motifs is 6. The van der Waals surface area contributed by atoms with Gasteiger partial charge in [0.2, 0.25) is 0 Å². The van der Waals surface area contributed by atoms with E-state index in [1.165, 1.54) is 0 Å². The second-order valence-corrected chi connectivity index (χ2v) is 12.2. The number of hydrogen-bond donors (Lipinski definition) is 0. The van der Waals surface area contributed by atoms with E-state index in [2.05, 4.69) is 93.0 Å². The molecule has 230 valence electrons. The highest BCUT2D eigenvalue weighted by Crippen LogP contribution is 2.40. The normalized spacial score (nSPS) is 11.1. The predicted octanol–water partition coefficient (Wildman–Crippen LogP) is 10.2. The lowest BCUT2D eigenvalue weighted by Crippen LogP contribution is -2.01. The Labute approximate surface area is 287 Å². The number of hydrogen-bond acceptors (Lipinski definition) is 4. The van der Waals surface area contributed by atoms with Gasteiger partial charge in [-0.1, -0.05) is 60.7 Å². The Hall–Kier alpha value is -7.46. The lowest BCUT2D eigenvalue weighted by molar-refractivity contribution is 1.13. The summed E-state index contributed by atoms with van der Waals surface area (Å²) in [6.07, 6.45) is 3.74. The number of aromatic nitrogens is 3. The minimum atomic E-state index is 0.552. The largest absolute Gasteiger partial charge is 0.309 e. The van der Waals surface area contributed by atoms with E-state index in [1.807, 2.05) is 85.2 Å². The van der Waals surface area contributed by atoms with Gasteiger partial charge in [-0.2, -0.15) is 15.8 Å². The van der Waals surface area contributed by atoms with Gasteiger partial charge < -0.3 is 9.13 Å². The quantitative estimate of drug-likeness (QED) is 0.192. The molecule has 3 aromatic heterocycles. The molecule has 0 fully saturated rings. The molecule has 0 atom stereocenters. The van der Waals surface area contributed by atoms with Crippen LogP contribution in [0.1, 0.15) is 16.7 Å². The molecule has 6 nitrogen and oxygen atoms in total. The van der Waals surface area contributed by atoms with Crippen molar-refractivity contribution >= 4 is 43.6 Å². The van der Waals surface area contributed by atoms with Crippen molar-refractivity contribution in [2.75, 3.05) is 0 Å². The molecular formula is C44H24N6. The van der Waals surface area contributed by atoms with E-state index in [4.69, 9.17) is 0 Å². The van der Waals surface area contributed by atoms with Crippen molar-refractivity contribution in [3.05, 3.63) is 163 Å². The molecule has 0 bridgehead atoms. The van der Waals surface area contributed by atoms with Crippen LogP contribution >= 0.6 is 0 Å².